The molecule has 0 saturated carbocycles. The summed E-state index contributed by atoms with van der Waals surface area (Å²) in [6.07, 6.45) is 5.21. The van der Waals surface area contributed by atoms with Crippen molar-refractivity contribution in [2.24, 2.45) is 0 Å². The molecule has 1 aliphatic rings. The van der Waals surface area contributed by atoms with Crippen LogP contribution in [-0.2, 0) is 11.2 Å². The zero-order chi connectivity index (χ0) is 17.9. The van der Waals surface area contributed by atoms with E-state index in [0.717, 1.165) is 29.4 Å². The Morgan fingerprint density at radius 3 is 3.00 bits per heavy atom. The molecule has 1 aliphatic carbocycles. The zero-order valence-electron chi connectivity index (χ0n) is 14.6. The number of anilines is 1. The van der Waals surface area contributed by atoms with E-state index in [-0.39, 0.29) is 5.91 Å². The molecule has 3 aromatic rings. The summed E-state index contributed by atoms with van der Waals surface area (Å²) >= 11 is 1.76. The average Bonchev–Trinajstić information content (AvgIpc) is 3.10. The van der Waals surface area contributed by atoms with Crippen LogP contribution in [0.1, 0.15) is 36.1 Å². The Kier molecular flexibility index (Phi) is 4.75. The minimum Gasteiger partial charge on any atom is -0.326 e. The summed E-state index contributed by atoms with van der Waals surface area (Å²) in [5.74, 6) is -0.0840. The Hall–Kier alpha value is -2.60. The number of hydrogen-bond donors (Lipinski definition) is 1. The number of carbonyl (C=O) groups is 1. The molecule has 0 unspecified atom stereocenters. The summed E-state index contributed by atoms with van der Waals surface area (Å²) in [7, 11) is 0. The summed E-state index contributed by atoms with van der Waals surface area (Å²) in [6.45, 7) is 1.51. The van der Waals surface area contributed by atoms with Crippen LogP contribution in [0.25, 0.3) is 5.69 Å². The molecule has 1 atom stereocenters. The van der Waals surface area contributed by atoms with E-state index in [1.54, 1.807) is 18.1 Å². The zero-order valence-corrected chi connectivity index (χ0v) is 15.4. The van der Waals surface area contributed by atoms with Crippen molar-refractivity contribution in [3.63, 3.8) is 0 Å². The number of nitrogens with zero attached hydrogens (tertiary/aromatic N) is 3. The lowest BCUT2D eigenvalue weighted by molar-refractivity contribution is -0.114. The van der Waals surface area contributed by atoms with Crippen molar-refractivity contribution in [1.29, 1.82) is 0 Å². The van der Waals surface area contributed by atoms with Crippen molar-refractivity contribution in [3.05, 3.63) is 66.0 Å². The minimum absolute atomic E-state index is 0.0840. The molecule has 132 valence electrons. The average molecular weight is 364 g/mol. The standard InChI is InChI=1S/C20H20N4OS/c1-14(25)22-16-8-5-9-17(12-16)24-13-21-23-20(24)26-19-11-4-7-15-6-2-3-10-18(15)19/h2-3,5-6,8-10,12-13,19H,4,7,11H2,1H3,(H,22,25)/t19-/m1/s1. The van der Waals surface area contributed by atoms with Gasteiger partial charge in [-0.1, -0.05) is 42.1 Å². The van der Waals surface area contributed by atoms with Gasteiger partial charge in [0.2, 0.25) is 5.91 Å². The normalized spacial score (nSPS) is 16.1. The molecule has 0 radical (unpaired) electrons. The first-order valence-corrected chi connectivity index (χ1v) is 9.61. The van der Waals surface area contributed by atoms with Crippen LogP contribution in [-0.4, -0.2) is 20.7 Å². The maximum Gasteiger partial charge on any atom is 0.221 e. The lowest BCUT2D eigenvalue weighted by Gasteiger charge is -2.24. The fourth-order valence-electron chi connectivity index (χ4n) is 3.38. The van der Waals surface area contributed by atoms with Gasteiger partial charge in [0.1, 0.15) is 6.33 Å². The number of fused-ring (bicyclic) bond motifs is 1. The molecule has 1 amide bonds. The molecule has 4 rings (SSSR count). The molecule has 26 heavy (non-hydrogen) atoms. The van der Waals surface area contributed by atoms with Crippen molar-refractivity contribution in [2.75, 3.05) is 5.32 Å². The van der Waals surface area contributed by atoms with E-state index in [9.17, 15) is 4.79 Å². The summed E-state index contributed by atoms with van der Waals surface area (Å²) in [5, 5.41) is 12.5. The van der Waals surface area contributed by atoms with Crippen LogP contribution < -0.4 is 5.32 Å². The van der Waals surface area contributed by atoms with Gasteiger partial charge in [0.25, 0.3) is 0 Å². The highest BCUT2D eigenvalue weighted by Crippen LogP contribution is 2.43. The van der Waals surface area contributed by atoms with Gasteiger partial charge in [0.15, 0.2) is 5.16 Å². The third kappa shape index (κ3) is 3.51. The quantitative estimate of drug-likeness (QED) is 0.746. The van der Waals surface area contributed by atoms with Crippen molar-refractivity contribution in [3.8, 4) is 5.69 Å². The molecule has 1 N–H and O–H groups in total. The molecule has 0 saturated heterocycles. The highest BCUT2D eigenvalue weighted by atomic mass is 32.2. The molecule has 0 bridgehead atoms. The topological polar surface area (TPSA) is 59.8 Å². The number of aromatic nitrogens is 3. The second-order valence-corrected chi connectivity index (χ2v) is 7.58. The molecular formula is C20H20N4OS. The highest BCUT2D eigenvalue weighted by Gasteiger charge is 2.23. The maximum absolute atomic E-state index is 11.3. The monoisotopic (exact) mass is 364 g/mol. The van der Waals surface area contributed by atoms with E-state index in [1.165, 1.54) is 24.5 Å². The number of hydrogen-bond acceptors (Lipinski definition) is 4. The number of carbonyl (C=O) groups excluding carboxylic acids is 1. The van der Waals surface area contributed by atoms with Gasteiger partial charge in [-0.3, -0.25) is 9.36 Å². The van der Waals surface area contributed by atoms with Crippen LogP contribution in [0.3, 0.4) is 0 Å². The summed E-state index contributed by atoms with van der Waals surface area (Å²) < 4.78 is 1.98. The fraction of sp³-hybridized carbons (Fsp3) is 0.250. The number of thioether (sulfide) groups is 1. The highest BCUT2D eigenvalue weighted by molar-refractivity contribution is 7.99. The first-order valence-electron chi connectivity index (χ1n) is 8.73. The van der Waals surface area contributed by atoms with Gasteiger partial charge in [-0.05, 0) is 48.6 Å². The maximum atomic E-state index is 11.3. The summed E-state index contributed by atoms with van der Waals surface area (Å²) in [4.78, 5) is 11.3. The van der Waals surface area contributed by atoms with Crippen LogP contribution in [0, 0.1) is 0 Å². The Morgan fingerprint density at radius 2 is 2.12 bits per heavy atom. The van der Waals surface area contributed by atoms with Crippen LogP contribution in [0.2, 0.25) is 0 Å². The second-order valence-electron chi connectivity index (χ2n) is 6.41. The van der Waals surface area contributed by atoms with Gasteiger partial charge >= 0.3 is 0 Å². The van der Waals surface area contributed by atoms with Crippen molar-refractivity contribution in [2.45, 2.75) is 36.6 Å². The number of amides is 1. The smallest absolute Gasteiger partial charge is 0.221 e. The molecule has 5 nitrogen and oxygen atoms in total. The predicted molar refractivity (Wildman–Crippen MR) is 104 cm³/mol. The largest absolute Gasteiger partial charge is 0.326 e. The SMILES string of the molecule is CC(=O)Nc1cccc(-n2cnnc2S[C@@H]2CCCc3ccccc32)c1. The lowest BCUT2D eigenvalue weighted by atomic mass is 9.91. The van der Waals surface area contributed by atoms with Gasteiger partial charge in [-0.25, -0.2) is 0 Å². The molecule has 1 aromatic heterocycles. The molecule has 1 heterocycles. The Balaban J connectivity index is 1.62. The van der Waals surface area contributed by atoms with Crippen LogP contribution >= 0.6 is 11.8 Å². The van der Waals surface area contributed by atoms with E-state index in [2.05, 4.69) is 39.8 Å². The fourth-order valence-corrected chi connectivity index (χ4v) is 4.63. The van der Waals surface area contributed by atoms with Gasteiger partial charge in [-0.2, -0.15) is 0 Å². The van der Waals surface area contributed by atoms with E-state index in [1.807, 2.05) is 28.8 Å². The van der Waals surface area contributed by atoms with Gasteiger partial charge < -0.3 is 5.32 Å². The molecular weight excluding hydrogens is 344 g/mol. The summed E-state index contributed by atoms with van der Waals surface area (Å²) in [5.41, 5.74) is 4.55. The molecule has 6 heteroatoms. The van der Waals surface area contributed by atoms with Crippen LogP contribution in [0.15, 0.2) is 60.0 Å². The van der Waals surface area contributed by atoms with Crippen molar-refractivity contribution in [1.82, 2.24) is 14.8 Å². The van der Waals surface area contributed by atoms with Gasteiger partial charge in [0, 0.05) is 17.9 Å². The second kappa shape index (κ2) is 7.33. The van der Waals surface area contributed by atoms with E-state index in [4.69, 9.17) is 0 Å². The number of benzene rings is 2. The first-order chi connectivity index (χ1) is 12.7. The molecule has 0 fully saturated rings. The van der Waals surface area contributed by atoms with E-state index >= 15 is 0 Å². The first kappa shape index (κ1) is 16.8. The van der Waals surface area contributed by atoms with Crippen LogP contribution in [0.5, 0.6) is 0 Å². The molecule has 0 spiro atoms. The number of rotatable bonds is 4. The van der Waals surface area contributed by atoms with Gasteiger partial charge in [-0.15, -0.1) is 10.2 Å². The van der Waals surface area contributed by atoms with E-state index < -0.39 is 0 Å². The lowest BCUT2D eigenvalue weighted by Crippen LogP contribution is -2.08. The minimum atomic E-state index is -0.0840. The Bertz CT molecular complexity index is 937. The van der Waals surface area contributed by atoms with Crippen molar-refractivity contribution < 1.29 is 4.79 Å². The number of nitrogens with one attached hydrogen (secondary N) is 1. The Morgan fingerprint density at radius 1 is 1.23 bits per heavy atom. The van der Waals surface area contributed by atoms with E-state index in [0.29, 0.717) is 5.25 Å². The third-order valence-electron chi connectivity index (χ3n) is 4.52. The van der Waals surface area contributed by atoms with Gasteiger partial charge in [0.05, 0.1) is 5.69 Å². The molecule has 2 aromatic carbocycles. The molecule has 0 aliphatic heterocycles. The predicted octanol–water partition coefficient (Wildman–Crippen LogP) is 4.40. The Labute approximate surface area is 156 Å². The number of aryl methyl sites for hydroxylation is 1. The summed E-state index contributed by atoms with van der Waals surface area (Å²) in [6, 6.07) is 16.4. The van der Waals surface area contributed by atoms with Crippen molar-refractivity contribution >= 4 is 23.4 Å². The third-order valence-corrected chi connectivity index (χ3v) is 5.79. The van der Waals surface area contributed by atoms with Crippen LogP contribution in [0.4, 0.5) is 5.69 Å².